The minimum atomic E-state index is 0.626. The second kappa shape index (κ2) is 7.87. The van der Waals surface area contributed by atoms with Crippen LogP contribution < -0.4 is 5.32 Å². The van der Waals surface area contributed by atoms with Gasteiger partial charge < -0.3 is 15.1 Å². The summed E-state index contributed by atoms with van der Waals surface area (Å²) in [5, 5.41) is 3.62. The Kier molecular flexibility index (Phi) is 5.84. The van der Waals surface area contributed by atoms with Crippen molar-refractivity contribution in [2.45, 2.75) is 70.8 Å². The third-order valence-electron chi connectivity index (χ3n) is 6.46. The molecule has 4 nitrogen and oxygen atoms in total. The van der Waals surface area contributed by atoms with Crippen LogP contribution in [-0.2, 0) is 0 Å². The number of hydrogen-bond acceptors (Lipinski definition) is 2. The molecule has 132 valence electrons. The number of guanidine groups is 1. The van der Waals surface area contributed by atoms with Crippen LogP contribution in [0.25, 0.3) is 0 Å². The monoisotopic (exact) mass is 320 g/mol. The Balaban J connectivity index is 1.38. The maximum atomic E-state index is 4.54. The van der Waals surface area contributed by atoms with E-state index < -0.39 is 0 Å². The van der Waals surface area contributed by atoms with Gasteiger partial charge in [0.15, 0.2) is 5.96 Å². The molecule has 3 aliphatic rings. The van der Waals surface area contributed by atoms with Crippen molar-refractivity contribution in [3.8, 4) is 0 Å². The van der Waals surface area contributed by atoms with E-state index in [4.69, 9.17) is 0 Å². The molecule has 0 aromatic carbocycles. The normalized spacial score (nSPS) is 28.7. The van der Waals surface area contributed by atoms with Gasteiger partial charge in [0, 0.05) is 39.3 Å². The summed E-state index contributed by atoms with van der Waals surface area (Å²) in [5.74, 6) is 1.14. The molecular weight excluding hydrogens is 284 g/mol. The van der Waals surface area contributed by atoms with Crippen LogP contribution in [0.5, 0.6) is 0 Å². The highest BCUT2D eigenvalue weighted by Crippen LogP contribution is 2.45. The van der Waals surface area contributed by atoms with E-state index in [9.17, 15) is 0 Å². The highest BCUT2D eigenvalue weighted by Gasteiger charge is 2.40. The molecule has 2 heterocycles. The largest absolute Gasteiger partial charge is 0.356 e. The van der Waals surface area contributed by atoms with Crippen LogP contribution in [-0.4, -0.2) is 61.6 Å². The average molecular weight is 321 g/mol. The van der Waals surface area contributed by atoms with Crippen LogP contribution in [0.15, 0.2) is 4.99 Å². The van der Waals surface area contributed by atoms with Crippen LogP contribution in [0.4, 0.5) is 0 Å². The summed E-state index contributed by atoms with van der Waals surface area (Å²) in [4.78, 5) is 9.71. The van der Waals surface area contributed by atoms with E-state index in [1.807, 2.05) is 7.05 Å². The van der Waals surface area contributed by atoms with Crippen molar-refractivity contribution in [3.63, 3.8) is 0 Å². The van der Waals surface area contributed by atoms with E-state index in [-0.39, 0.29) is 0 Å². The molecule has 0 bridgehead atoms. The van der Waals surface area contributed by atoms with Crippen LogP contribution >= 0.6 is 0 Å². The van der Waals surface area contributed by atoms with Gasteiger partial charge in [-0.15, -0.1) is 0 Å². The Morgan fingerprint density at radius 1 is 1.13 bits per heavy atom. The number of hydrogen-bond donors (Lipinski definition) is 1. The van der Waals surface area contributed by atoms with E-state index in [0.29, 0.717) is 5.41 Å². The highest BCUT2D eigenvalue weighted by molar-refractivity contribution is 5.80. The quantitative estimate of drug-likeness (QED) is 0.490. The zero-order chi connectivity index (χ0) is 16.1. The van der Waals surface area contributed by atoms with Crippen molar-refractivity contribution in [1.29, 1.82) is 0 Å². The van der Waals surface area contributed by atoms with Crippen LogP contribution in [0.3, 0.4) is 0 Å². The predicted octanol–water partition coefficient (Wildman–Crippen LogP) is 3.09. The molecule has 1 saturated carbocycles. The molecule has 0 amide bonds. The number of rotatable bonds is 4. The molecule has 1 spiro atoms. The summed E-state index contributed by atoms with van der Waals surface area (Å²) in [7, 11) is 1.94. The number of likely N-dealkylation sites (tertiary alicyclic amines) is 2. The van der Waals surface area contributed by atoms with Gasteiger partial charge >= 0.3 is 0 Å². The fourth-order valence-electron chi connectivity index (χ4n) is 4.95. The Bertz CT molecular complexity index is 400. The summed E-state index contributed by atoms with van der Waals surface area (Å²) in [6.45, 7) is 8.40. The van der Waals surface area contributed by atoms with E-state index in [1.54, 1.807) is 0 Å². The van der Waals surface area contributed by atoms with Crippen molar-refractivity contribution in [1.82, 2.24) is 15.1 Å². The zero-order valence-electron chi connectivity index (χ0n) is 15.3. The lowest BCUT2D eigenvalue weighted by atomic mass is 9.86. The van der Waals surface area contributed by atoms with Gasteiger partial charge in [-0.1, -0.05) is 19.3 Å². The summed E-state index contributed by atoms with van der Waals surface area (Å²) in [6.07, 6.45) is 12.5. The second-order valence-corrected chi connectivity index (χ2v) is 8.09. The topological polar surface area (TPSA) is 30.9 Å². The molecule has 0 radical (unpaired) electrons. The SMILES string of the molecule is CN=C(NCCCN1CCCCC1C)N1CCC2(CCCC2)C1. The zero-order valence-corrected chi connectivity index (χ0v) is 15.3. The summed E-state index contributed by atoms with van der Waals surface area (Å²) in [6, 6.07) is 0.781. The van der Waals surface area contributed by atoms with Gasteiger partial charge in [-0.05, 0) is 57.4 Å². The maximum absolute atomic E-state index is 4.54. The molecule has 4 heteroatoms. The van der Waals surface area contributed by atoms with Gasteiger partial charge in [-0.2, -0.15) is 0 Å². The molecule has 2 aliphatic heterocycles. The van der Waals surface area contributed by atoms with Crippen LogP contribution in [0.1, 0.15) is 64.7 Å². The van der Waals surface area contributed by atoms with Crippen molar-refractivity contribution in [3.05, 3.63) is 0 Å². The van der Waals surface area contributed by atoms with Gasteiger partial charge in [0.25, 0.3) is 0 Å². The van der Waals surface area contributed by atoms with E-state index in [2.05, 4.69) is 27.0 Å². The molecule has 1 unspecified atom stereocenters. The van der Waals surface area contributed by atoms with E-state index >= 15 is 0 Å². The minimum absolute atomic E-state index is 0.626. The van der Waals surface area contributed by atoms with E-state index in [0.717, 1.165) is 18.5 Å². The lowest BCUT2D eigenvalue weighted by molar-refractivity contribution is 0.159. The average Bonchev–Trinajstić information content (AvgIpc) is 3.20. The summed E-state index contributed by atoms with van der Waals surface area (Å²) < 4.78 is 0. The summed E-state index contributed by atoms with van der Waals surface area (Å²) >= 11 is 0. The molecular formula is C19H36N4. The second-order valence-electron chi connectivity index (χ2n) is 8.09. The molecule has 2 saturated heterocycles. The Morgan fingerprint density at radius 3 is 2.70 bits per heavy atom. The minimum Gasteiger partial charge on any atom is -0.356 e. The summed E-state index contributed by atoms with van der Waals surface area (Å²) in [5.41, 5.74) is 0.626. The lowest BCUT2D eigenvalue weighted by Gasteiger charge is -2.33. The predicted molar refractivity (Wildman–Crippen MR) is 98.0 cm³/mol. The third-order valence-corrected chi connectivity index (χ3v) is 6.46. The first-order chi connectivity index (χ1) is 11.2. The van der Waals surface area contributed by atoms with Gasteiger partial charge in [0.05, 0.1) is 0 Å². The first kappa shape index (κ1) is 17.1. The molecule has 1 atom stereocenters. The highest BCUT2D eigenvalue weighted by atomic mass is 15.3. The number of piperidine rings is 1. The Hall–Kier alpha value is -0.770. The molecule has 1 N–H and O–H groups in total. The number of nitrogens with zero attached hydrogens (tertiary/aromatic N) is 3. The Morgan fingerprint density at radius 2 is 1.96 bits per heavy atom. The molecule has 1 aliphatic carbocycles. The van der Waals surface area contributed by atoms with Crippen molar-refractivity contribution < 1.29 is 0 Å². The molecule has 0 aromatic heterocycles. The van der Waals surface area contributed by atoms with Crippen molar-refractivity contribution >= 4 is 5.96 Å². The smallest absolute Gasteiger partial charge is 0.193 e. The van der Waals surface area contributed by atoms with Crippen molar-refractivity contribution in [2.75, 3.05) is 39.8 Å². The molecule has 0 aromatic rings. The molecule has 23 heavy (non-hydrogen) atoms. The van der Waals surface area contributed by atoms with Crippen LogP contribution in [0.2, 0.25) is 0 Å². The first-order valence-corrected chi connectivity index (χ1v) is 9.92. The van der Waals surface area contributed by atoms with E-state index in [1.165, 1.54) is 84.0 Å². The van der Waals surface area contributed by atoms with Crippen molar-refractivity contribution in [2.24, 2.45) is 10.4 Å². The lowest BCUT2D eigenvalue weighted by Crippen LogP contribution is -2.43. The first-order valence-electron chi connectivity index (χ1n) is 9.92. The Labute approximate surface area is 142 Å². The van der Waals surface area contributed by atoms with Crippen LogP contribution in [0, 0.1) is 5.41 Å². The number of nitrogens with one attached hydrogen (secondary N) is 1. The molecule has 3 rings (SSSR count). The fraction of sp³-hybridized carbons (Fsp3) is 0.947. The standard InChI is InChI=1S/C19H36N4/c1-17-8-3-6-13-22(17)14-7-12-21-18(20-2)23-15-11-19(16-23)9-4-5-10-19/h17H,3-16H2,1-2H3,(H,20,21). The number of aliphatic imine (C=N–C) groups is 1. The fourth-order valence-corrected chi connectivity index (χ4v) is 4.95. The van der Waals surface area contributed by atoms with Gasteiger partial charge in [0.2, 0.25) is 0 Å². The molecule has 3 fully saturated rings. The van der Waals surface area contributed by atoms with Gasteiger partial charge in [-0.3, -0.25) is 4.99 Å². The van der Waals surface area contributed by atoms with Gasteiger partial charge in [0.1, 0.15) is 0 Å². The third kappa shape index (κ3) is 4.20. The van der Waals surface area contributed by atoms with Gasteiger partial charge in [-0.25, -0.2) is 0 Å². The maximum Gasteiger partial charge on any atom is 0.193 e.